The van der Waals surface area contributed by atoms with E-state index in [1.165, 1.54) is 24.1 Å². The van der Waals surface area contributed by atoms with Crippen LogP contribution in [0.1, 0.15) is 29.0 Å². The van der Waals surface area contributed by atoms with Gasteiger partial charge >= 0.3 is 5.97 Å². The van der Waals surface area contributed by atoms with Gasteiger partial charge in [0.1, 0.15) is 5.69 Å². The van der Waals surface area contributed by atoms with E-state index in [0.29, 0.717) is 5.69 Å². The molecule has 1 heterocycles. The molecule has 0 amide bonds. The van der Waals surface area contributed by atoms with Crippen LogP contribution in [0.25, 0.3) is 10.8 Å². The van der Waals surface area contributed by atoms with Gasteiger partial charge in [0.05, 0.1) is 25.7 Å². The summed E-state index contributed by atoms with van der Waals surface area (Å²) in [5.74, 6) is -0.375. The predicted octanol–water partition coefficient (Wildman–Crippen LogP) is 3.43. The normalized spacial score (nSPS) is 12.3. The molecule has 106 valence electrons. The first-order valence-electron chi connectivity index (χ1n) is 6.80. The minimum atomic E-state index is -0.375. The van der Waals surface area contributed by atoms with Gasteiger partial charge in [-0.15, -0.1) is 0 Å². The zero-order valence-corrected chi connectivity index (χ0v) is 12.0. The quantitative estimate of drug-likeness (QED) is 0.690. The Hall–Kier alpha value is -2.62. The minimum Gasteiger partial charge on any atom is -0.464 e. The van der Waals surface area contributed by atoms with E-state index in [0.717, 1.165) is 5.56 Å². The van der Waals surface area contributed by atoms with Gasteiger partial charge in [-0.25, -0.2) is 9.78 Å². The number of hydrogen-bond donors (Lipinski definition) is 0. The van der Waals surface area contributed by atoms with Crippen LogP contribution in [0.15, 0.2) is 55.0 Å². The number of methoxy groups -OCH3 is 1. The zero-order chi connectivity index (χ0) is 14.8. The highest BCUT2D eigenvalue weighted by molar-refractivity contribution is 5.88. The number of esters is 1. The Morgan fingerprint density at radius 2 is 1.95 bits per heavy atom. The third-order valence-corrected chi connectivity index (χ3v) is 3.75. The van der Waals surface area contributed by atoms with Crippen LogP contribution in [0.4, 0.5) is 0 Å². The van der Waals surface area contributed by atoms with E-state index in [1.807, 2.05) is 22.8 Å². The zero-order valence-electron chi connectivity index (χ0n) is 12.0. The summed E-state index contributed by atoms with van der Waals surface area (Å²) in [5, 5.41) is 2.36. The van der Waals surface area contributed by atoms with Crippen molar-refractivity contribution in [3.8, 4) is 0 Å². The predicted molar refractivity (Wildman–Crippen MR) is 81.3 cm³/mol. The molecular formula is C17H16N2O2. The molecule has 0 radical (unpaired) electrons. The van der Waals surface area contributed by atoms with Crippen molar-refractivity contribution in [1.29, 1.82) is 0 Å². The molecule has 2 aromatic carbocycles. The first-order chi connectivity index (χ1) is 10.2. The largest absolute Gasteiger partial charge is 0.464 e. The van der Waals surface area contributed by atoms with E-state index in [-0.39, 0.29) is 12.0 Å². The standard InChI is InChI=1S/C17H16N2O2/c1-12(19-11-18-10-16(19)17(20)21-2)14-9-5-7-13-6-3-4-8-15(13)14/h3-12H,1-2H3/t12-/m1/s1. The van der Waals surface area contributed by atoms with Crippen LogP contribution < -0.4 is 0 Å². The molecule has 0 aliphatic carbocycles. The minimum absolute atomic E-state index is 0.00676. The lowest BCUT2D eigenvalue weighted by Crippen LogP contribution is -2.14. The van der Waals surface area contributed by atoms with Crippen molar-refractivity contribution in [3.63, 3.8) is 0 Å². The topological polar surface area (TPSA) is 44.1 Å². The molecule has 3 rings (SSSR count). The first kappa shape index (κ1) is 13.4. The number of benzene rings is 2. The maximum Gasteiger partial charge on any atom is 0.356 e. The summed E-state index contributed by atoms with van der Waals surface area (Å²) in [4.78, 5) is 15.9. The van der Waals surface area contributed by atoms with Crippen LogP contribution in [-0.4, -0.2) is 22.6 Å². The van der Waals surface area contributed by atoms with E-state index >= 15 is 0 Å². The Kier molecular flexibility index (Phi) is 3.44. The van der Waals surface area contributed by atoms with Crippen molar-refractivity contribution in [2.75, 3.05) is 7.11 Å². The fraction of sp³-hybridized carbons (Fsp3) is 0.176. The summed E-state index contributed by atoms with van der Waals surface area (Å²) >= 11 is 0. The molecule has 4 nitrogen and oxygen atoms in total. The molecule has 1 atom stereocenters. The van der Waals surface area contributed by atoms with Crippen LogP contribution in [-0.2, 0) is 4.74 Å². The van der Waals surface area contributed by atoms with Crippen LogP contribution >= 0.6 is 0 Å². The van der Waals surface area contributed by atoms with Crippen molar-refractivity contribution in [3.05, 3.63) is 66.2 Å². The third-order valence-electron chi connectivity index (χ3n) is 3.75. The maximum atomic E-state index is 11.8. The van der Waals surface area contributed by atoms with Crippen LogP contribution in [0.2, 0.25) is 0 Å². The van der Waals surface area contributed by atoms with Crippen molar-refractivity contribution >= 4 is 16.7 Å². The molecule has 0 fully saturated rings. The van der Waals surface area contributed by atoms with Crippen LogP contribution in [0.3, 0.4) is 0 Å². The summed E-state index contributed by atoms with van der Waals surface area (Å²) in [7, 11) is 1.38. The molecule has 0 saturated carbocycles. The van der Waals surface area contributed by atoms with E-state index in [4.69, 9.17) is 4.74 Å². The lowest BCUT2D eigenvalue weighted by molar-refractivity contribution is 0.0587. The lowest BCUT2D eigenvalue weighted by Gasteiger charge is -2.18. The van der Waals surface area contributed by atoms with Crippen LogP contribution in [0, 0.1) is 0 Å². The molecule has 1 aromatic heterocycles. The van der Waals surface area contributed by atoms with E-state index in [1.54, 1.807) is 6.33 Å². The monoisotopic (exact) mass is 280 g/mol. The number of aromatic nitrogens is 2. The molecule has 0 N–H and O–H groups in total. The summed E-state index contributed by atoms with van der Waals surface area (Å²) in [6, 6.07) is 14.4. The molecule has 3 aromatic rings. The maximum absolute atomic E-state index is 11.8. The van der Waals surface area contributed by atoms with Crippen molar-refractivity contribution in [1.82, 2.24) is 9.55 Å². The third kappa shape index (κ3) is 2.29. The van der Waals surface area contributed by atoms with Gasteiger partial charge < -0.3 is 9.30 Å². The van der Waals surface area contributed by atoms with E-state index in [9.17, 15) is 4.79 Å². The second-order valence-corrected chi connectivity index (χ2v) is 4.92. The summed E-state index contributed by atoms with van der Waals surface area (Å²) in [6.07, 6.45) is 3.20. The highest BCUT2D eigenvalue weighted by atomic mass is 16.5. The summed E-state index contributed by atoms with van der Waals surface area (Å²) < 4.78 is 6.65. The number of carbonyl (C=O) groups is 1. The SMILES string of the molecule is COC(=O)c1cncn1[C@H](C)c1cccc2ccccc12. The molecule has 21 heavy (non-hydrogen) atoms. The van der Waals surface area contributed by atoms with Gasteiger partial charge in [-0.3, -0.25) is 0 Å². The van der Waals surface area contributed by atoms with Crippen molar-refractivity contribution < 1.29 is 9.53 Å². The summed E-state index contributed by atoms with van der Waals surface area (Å²) in [6.45, 7) is 2.05. The van der Waals surface area contributed by atoms with Crippen LogP contribution in [0.5, 0.6) is 0 Å². The van der Waals surface area contributed by atoms with Gasteiger partial charge in [-0.2, -0.15) is 0 Å². The van der Waals surface area contributed by atoms with E-state index < -0.39 is 0 Å². The van der Waals surface area contributed by atoms with Gasteiger partial charge in [-0.05, 0) is 23.3 Å². The smallest absolute Gasteiger partial charge is 0.356 e. The number of rotatable bonds is 3. The fourth-order valence-corrected chi connectivity index (χ4v) is 2.64. The van der Waals surface area contributed by atoms with Crippen molar-refractivity contribution in [2.45, 2.75) is 13.0 Å². The van der Waals surface area contributed by atoms with Gasteiger partial charge in [0, 0.05) is 0 Å². The number of hydrogen-bond acceptors (Lipinski definition) is 3. The van der Waals surface area contributed by atoms with Gasteiger partial charge in [0.15, 0.2) is 0 Å². The Morgan fingerprint density at radius 1 is 1.19 bits per heavy atom. The Bertz CT molecular complexity index is 787. The molecule has 0 aliphatic rings. The number of fused-ring (bicyclic) bond motifs is 1. The molecule has 4 heteroatoms. The molecule has 0 saturated heterocycles. The molecular weight excluding hydrogens is 264 g/mol. The summed E-state index contributed by atoms with van der Waals surface area (Å²) in [5.41, 5.74) is 1.61. The highest BCUT2D eigenvalue weighted by Gasteiger charge is 2.18. The molecule has 0 aliphatic heterocycles. The average Bonchev–Trinajstić information content (AvgIpc) is 3.02. The highest BCUT2D eigenvalue weighted by Crippen LogP contribution is 2.27. The lowest BCUT2D eigenvalue weighted by atomic mass is 9.99. The van der Waals surface area contributed by atoms with Crippen molar-refractivity contribution in [2.24, 2.45) is 0 Å². The Balaban J connectivity index is 2.11. The molecule has 0 bridgehead atoms. The number of imidazole rings is 1. The van der Waals surface area contributed by atoms with Gasteiger partial charge in [0.2, 0.25) is 0 Å². The average molecular weight is 280 g/mol. The number of carbonyl (C=O) groups excluding carboxylic acids is 1. The fourth-order valence-electron chi connectivity index (χ4n) is 2.64. The molecule has 0 unspecified atom stereocenters. The second kappa shape index (κ2) is 5.40. The second-order valence-electron chi connectivity index (χ2n) is 4.92. The number of ether oxygens (including phenoxy) is 1. The Morgan fingerprint density at radius 3 is 2.76 bits per heavy atom. The first-order valence-corrected chi connectivity index (χ1v) is 6.80. The van der Waals surface area contributed by atoms with E-state index in [2.05, 4.69) is 36.2 Å². The Labute approximate surface area is 123 Å². The molecule has 0 spiro atoms. The van der Waals surface area contributed by atoms with Gasteiger partial charge in [-0.1, -0.05) is 42.5 Å². The van der Waals surface area contributed by atoms with Gasteiger partial charge in [0.25, 0.3) is 0 Å². The number of nitrogens with zero attached hydrogens (tertiary/aromatic N) is 2.